The van der Waals surface area contributed by atoms with Gasteiger partial charge in [0.25, 0.3) is 0 Å². The lowest BCUT2D eigenvalue weighted by Crippen LogP contribution is -2.36. The molecule has 0 amide bonds. The Balaban J connectivity index is 1.79. The second-order valence-corrected chi connectivity index (χ2v) is 7.39. The maximum absolute atomic E-state index is 6.45. The monoisotopic (exact) mass is 271 g/mol. The molecule has 2 aliphatic carbocycles. The SMILES string of the molecule is CC(C)C1CCC(N)C(c2cccc(C3CCC3)c2)C1. The summed E-state index contributed by atoms with van der Waals surface area (Å²) in [7, 11) is 0. The summed E-state index contributed by atoms with van der Waals surface area (Å²) in [6.07, 6.45) is 7.97. The van der Waals surface area contributed by atoms with Crippen LogP contribution in [0.3, 0.4) is 0 Å². The Labute approximate surface area is 124 Å². The molecule has 110 valence electrons. The standard InChI is InChI=1S/C19H29N/c1-13(2)15-9-10-19(20)18(12-15)17-8-4-7-16(11-17)14-5-3-6-14/h4,7-8,11,13-15,18-19H,3,5-6,9-10,12,20H2,1-2H3. The van der Waals surface area contributed by atoms with Crippen LogP contribution in [0.15, 0.2) is 24.3 Å². The summed E-state index contributed by atoms with van der Waals surface area (Å²) in [5.41, 5.74) is 9.52. The fourth-order valence-electron chi connectivity index (χ4n) is 4.00. The van der Waals surface area contributed by atoms with Crippen LogP contribution in [-0.4, -0.2) is 6.04 Å². The lowest BCUT2D eigenvalue weighted by Gasteiger charge is -2.37. The quantitative estimate of drug-likeness (QED) is 0.838. The van der Waals surface area contributed by atoms with Crippen molar-refractivity contribution in [2.24, 2.45) is 17.6 Å². The third-order valence-electron chi connectivity index (χ3n) is 5.80. The maximum Gasteiger partial charge on any atom is 0.0108 e. The van der Waals surface area contributed by atoms with Crippen molar-refractivity contribution in [3.8, 4) is 0 Å². The van der Waals surface area contributed by atoms with Crippen molar-refractivity contribution in [3.05, 3.63) is 35.4 Å². The van der Waals surface area contributed by atoms with Gasteiger partial charge in [-0.2, -0.15) is 0 Å². The summed E-state index contributed by atoms with van der Waals surface area (Å²) in [6.45, 7) is 4.73. The summed E-state index contributed by atoms with van der Waals surface area (Å²) in [5.74, 6) is 3.05. The van der Waals surface area contributed by atoms with Crippen LogP contribution in [0.5, 0.6) is 0 Å². The molecule has 1 aromatic rings. The average molecular weight is 271 g/mol. The highest BCUT2D eigenvalue weighted by Crippen LogP contribution is 2.41. The third kappa shape index (κ3) is 2.79. The number of hydrogen-bond acceptors (Lipinski definition) is 1. The molecule has 1 heteroatoms. The van der Waals surface area contributed by atoms with E-state index in [1.54, 1.807) is 5.56 Å². The second-order valence-electron chi connectivity index (χ2n) is 7.39. The Bertz CT molecular complexity index is 447. The van der Waals surface area contributed by atoms with E-state index in [9.17, 15) is 0 Å². The lowest BCUT2D eigenvalue weighted by molar-refractivity contribution is 0.232. The van der Waals surface area contributed by atoms with Gasteiger partial charge in [-0.25, -0.2) is 0 Å². The van der Waals surface area contributed by atoms with Crippen LogP contribution < -0.4 is 5.73 Å². The van der Waals surface area contributed by atoms with Gasteiger partial charge in [0, 0.05) is 6.04 Å². The van der Waals surface area contributed by atoms with Crippen LogP contribution >= 0.6 is 0 Å². The summed E-state index contributed by atoms with van der Waals surface area (Å²) in [5, 5.41) is 0. The molecule has 2 N–H and O–H groups in total. The Kier molecular flexibility index (Phi) is 4.16. The minimum absolute atomic E-state index is 0.363. The molecule has 0 aliphatic heterocycles. The molecule has 0 heterocycles. The Morgan fingerprint density at radius 2 is 1.80 bits per heavy atom. The summed E-state index contributed by atoms with van der Waals surface area (Å²) in [6, 6.07) is 9.73. The first-order valence-electron chi connectivity index (χ1n) is 8.50. The molecule has 0 spiro atoms. The average Bonchev–Trinajstić information content (AvgIpc) is 2.37. The molecule has 0 bridgehead atoms. The third-order valence-corrected chi connectivity index (χ3v) is 5.80. The fraction of sp³-hybridized carbons (Fsp3) is 0.684. The van der Waals surface area contributed by atoms with E-state index in [4.69, 9.17) is 5.73 Å². The molecule has 2 aliphatic rings. The molecule has 2 saturated carbocycles. The molecule has 3 unspecified atom stereocenters. The zero-order valence-electron chi connectivity index (χ0n) is 13.0. The molecule has 0 saturated heterocycles. The van der Waals surface area contributed by atoms with E-state index in [2.05, 4.69) is 38.1 Å². The molecule has 2 fully saturated rings. The van der Waals surface area contributed by atoms with E-state index in [0.29, 0.717) is 12.0 Å². The van der Waals surface area contributed by atoms with Crippen LogP contribution in [0.25, 0.3) is 0 Å². The zero-order valence-corrected chi connectivity index (χ0v) is 13.0. The topological polar surface area (TPSA) is 26.0 Å². The Hall–Kier alpha value is -0.820. The molecule has 0 radical (unpaired) electrons. The van der Waals surface area contributed by atoms with Crippen LogP contribution in [0.2, 0.25) is 0 Å². The van der Waals surface area contributed by atoms with Crippen molar-refractivity contribution >= 4 is 0 Å². The highest BCUT2D eigenvalue weighted by Gasteiger charge is 2.31. The van der Waals surface area contributed by atoms with Crippen LogP contribution in [0.1, 0.15) is 75.3 Å². The zero-order chi connectivity index (χ0) is 14.1. The van der Waals surface area contributed by atoms with E-state index in [1.807, 2.05) is 0 Å². The first-order chi connectivity index (χ1) is 9.65. The van der Waals surface area contributed by atoms with Crippen molar-refractivity contribution in [2.75, 3.05) is 0 Å². The predicted molar refractivity (Wildman–Crippen MR) is 85.9 cm³/mol. The van der Waals surface area contributed by atoms with Gasteiger partial charge in [-0.3, -0.25) is 0 Å². The van der Waals surface area contributed by atoms with Gasteiger partial charge in [-0.1, -0.05) is 44.5 Å². The number of rotatable bonds is 3. The van der Waals surface area contributed by atoms with Crippen molar-refractivity contribution in [1.82, 2.24) is 0 Å². The van der Waals surface area contributed by atoms with Gasteiger partial charge in [0.1, 0.15) is 0 Å². The molecule has 1 aromatic carbocycles. The normalized spacial score (nSPS) is 31.3. The Morgan fingerprint density at radius 1 is 1.05 bits per heavy atom. The summed E-state index contributed by atoms with van der Waals surface area (Å²) < 4.78 is 0. The van der Waals surface area contributed by atoms with Crippen molar-refractivity contribution in [2.45, 2.75) is 70.3 Å². The second kappa shape index (κ2) is 5.89. The van der Waals surface area contributed by atoms with E-state index in [0.717, 1.165) is 17.8 Å². The molecule has 3 atom stereocenters. The number of benzene rings is 1. The predicted octanol–water partition coefficient (Wildman–Crippen LogP) is 4.82. The van der Waals surface area contributed by atoms with E-state index >= 15 is 0 Å². The van der Waals surface area contributed by atoms with E-state index < -0.39 is 0 Å². The summed E-state index contributed by atoms with van der Waals surface area (Å²) in [4.78, 5) is 0. The van der Waals surface area contributed by atoms with Gasteiger partial charge in [0.05, 0.1) is 0 Å². The van der Waals surface area contributed by atoms with E-state index in [1.165, 1.54) is 44.1 Å². The van der Waals surface area contributed by atoms with Crippen LogP contribution in [-0.2, 0) is 0 Å². The van der Waals surface area contributed by atoms with Gasteiger partial charge in [0.15, 0.2) is 0 Å². The van der Waals surface area contributed by atoms with Crippen molar-refractivity contribution in [3.63, 3.8) is 0 Å². The molecule has 20 heavy (non-hydrogen) atoms. The first kappa shape index (κ1) is 14.1. The van der Waals surface area contributed by atoms with E-state index in [-0.39, 0.29) is 0 Å². The Morgan fingerprint density at radius 3 is 2.45 bits per heavy atom. The first-order valence-corrected chi connectivity index (χ1v) is 8.50. The molecule has 3 rings (SSSR count). The van der Waals surface area contributed by atoms with Crippen LogP contribution in [0, 0.1) is 11.8 Å². The van der Waals surface area contributed by atoms with Gasteiger partial charge in [-0.15, -0.1) is 0 Å². The molecule has 1 nitrogen and oxygen atoms in total. The fourth-order valence-corrected chi connectivity index (χ4v) is 4.00. The minimum Gasteiger partial charge on any atom is -0.327 e. The van der Waals surface area contributed by atoms with Gasteiger partial charge >= 0.3 is 0 Å². The minimum atomic E-state index is 0.363. The molecular formula is C19H29N. The van der Waals surface area contributed by atoms with Crippen molar-refractivity contribution < 1.29 is 0 Å². The molecular weight excluding hydrogens is 242 g/mol. The highest BCUT2D eigenvalue weighted by molar-refractivity contribution is 5.31. The van der Waals surface area contributed by atoms with Gasteiger partial charge in [0.2, 0.25) is 0 Å². The van der Waals surface area contributed by atoms with Crippen LogP contribution in [0.4, 0.5) is 0 Å². The lowest BCUT2D eigenvalue weighted by atomic mass is 9.70. The maximum atomic E-state index is 6.45. The number of hydrogen-bond donors (Lipinski definition) is 1. The highest BCUT2D eigenvalue weighted by atomic mass is 14.7. The summed E-state index contributed by atoms with van der Waals surface area (Å²) >= 11 is 0. The largest absolute Gasteiger partial charge is 0.327 e. The number of nitrogens with two attached hydrogens (primary N) is 1. The van der Waals surface area contributed by atoms with Gasteiger partial charge in [-0.05, 0) is 66.9 Å². The van der Waals surface area contributed by atoms with Crippen molar-refractivity contribution in [1.29, 1.82) is 0 Å². The molecule has 0 aromatic heterocycles. The van der Waals surface area contributed by atoms with Gasteiger partial charge < -0.3 is 5.73 Å². The smallest absolute Gasteiger partial charge is 0.0108 e.